The zero-order valence-electron chi connectivity index (χ0n) is 14.7. The topological polar surface area (TPSA) is 41.0 Å². The predicted molar refractivity (Wildman–Crippen MR) is 103 cm³/mol. The molecule has 0 radical (unpaired) electrons. The van der Waals surface area contributed by atoms with Crippen LogP contribution in [0.2, 0.25) is 0 Å². The third-order valence-corrected chi connectivity index (χ3v) is 5.10. The van der Waals surface area contributed by atoms with Crippen molar-refractivity contribution < 1.29 is 0 Å². The minimum atomic E-state index is -0.0391. The molecule has 0 saturated carbocycles. The maximum atomic E-state index is 12.5. The number of nitrogens with one attached hydrogen (secondary N) is 1. The molecule has 0 spiro atoms. The molecule has 0 saturated heterocycles. The first-order valence-corrected chi connectivity index (χ1v) is 8.79. The van der Waals surface area contributed by atoms with Crippen molar-refractivity contribution in [1.29, 1.82) is 0 Å². The fraction of sp³-hybridized carbons (Fsp3) is 0.286. The Hall–Kier alpha value is -2.59. The molecule has 1 aliphatic rings. The standard InChI is InChI=1S/C21H23N3O/c1-15-12-19-20(13-16(15)2)24(21(25)22-19)18-8-10-23(11-9-18)14-17-6-4-3-5-7-17/h3-8,12-13H,9-11,14H2,1-2H3,(H,22,25). The van der Waals surface area contributed by atoms with E-state index in [0.717, 1.165) is 42.8 Å². The van der Waals surface area contributed by atoms with E-state index < -0.39 is 0 Å². The molecule has 2 aromatic carbocycles. The highest BCUT2D eigenvalue weighted by Crippen LogP contribution is 2.23. The van der Waals surface area contributed by atoms with Gasteiger partial charge in [0.2, 0.25) is 0 Å². The Kier molecular flexibility index (Phi) is 4.06. The van der Waals surface area contributed by atoms with Gasteiger partial charge >= 0.3 is 5.69 Å². The zero-order valence-corrected chi connectivity index (χ0v) is 14.7. The molecule has 0 bridgehead atoms. The van der Waals surface area contributed by atoms with Gasteiger partial charge in [0.05, 0.1) is 11.0 Å². The third-order valence-electron chi connectivity index (χ3n) is 5.10. The van der Waals surface area contributed by atoms with Gasteiger partial charge in [0, 0.05) is 31.8 Å². The second-order valence-electron chi connectivity index (χ2n) is 6.89. The van der Waals surface area contributed by atoms with Crippen molar-refractivity contribution in [2.75, 3.05) is 13.1 Å². The Morgan fingerprint density at radius 2 is 1.84 bits per heavy atom. The van der Waals surface area contributed by atoms with Crippen LogP contribution in [0.5, 0.6) is 0 Å². The lowest BCUT2D eigenvalue weighted by molar-refractivity contribution is 0.291. The SMILES string of the molecule is Cc1cc2[nH]c(=O)n(C3=CCN(Cc4ccccc4)CC3)c2cc1C. The van der Waals surface area contributed by atoms with Gasteiger partial charge < -0.3 is 4.98 Å². The number of imidazole rings is 1. The Morgan fingerprint density at radius 3 is 2.56 bits per heavy atom. The summed E-state index contributed by atoms with van der Waals surface area (Å²) in [7, 11) is 0. The van der Waals surface area contributed by atoms with Crippen LogP contribution in [0.4, 0.5) is 0 Å². The van der Waals surface area contributed by atoms with Crippen molar-refractivity contribution in [2.45, 2.75) is 26.8 Å². The average Bonchev–Trinajstić information content (AvgIpc) is 2.92. The molecule has 128 valence electrons. The van der Waals surface area contributed by atoms with Gasteiger partial charge in [0.15, 0.2) is 0 Å². The van der Waals surface area contributed by atoms with E-state index in [9.17, 15) is 4.79 Å². The van der Waals surface area contributed by atoms with Crippen molar-refractivity contribution >= 4 is 16.7 Å². The number of benzene rings is 2. The van der Waals surface area contributed by atoms with E-state index in [4.69, 9.17) is 0 Å². The van der Waals surface area contributed by atoms with E-state index in [1.54, 1.807) is 0 Å². The van der Waals surface area contributed by atoms with Crippen molar-refractivity contribution in [1.82, 2.24) is 14.5 Å². The van der Waals surface area contributed by atoms with E-state index >= 15 is 0 Å². The maximum absolute atomic E-state index is 12.5. The molecule has 4 rings (SSSR count). The maximum Gasteiger partial charge on any atom is 0.330 e. The molecule has 25 heavy (non-hydrogen) atoms. The Labute approximate surface area is 147 Å². The summed E-state index contributed by atoms with van der Waals surface area (Å²) >= 11 is 0. The second kappa shape index (κ2) is 6.37. The fourth-order valence-corrected chi connectivity index (χ4v) is 3.54. The molecule has 3 aromatic rings. The van der Waals surface area contributed by atoms with Crippen molar-refractivity contribution in [3.63, 3.8) is 0 Å². The van der Waals surface area contributed by atoms with Crippen molar-refractivity contribution in [3.8, 4) is 0 Å². The van der Waals surface area contributed by atoms with E-state index in [2.05, 4.69) is 66.2 Å². The normalized spacial score (nSPS) is 15.5. The number of rotatable bonds is 3. The molecule has 4 heteroatoms. The minimum Gasteiger partial charge on any atom is -0.305 e. The summed E-state index contributed by atoms with van der Waals surface area (Å²) in [6.07, 6.45) is 3.07. The Balaban J connectivity index is 1.61. The van der Waals surface area contributed by atoms with Gasteiger partial charge in [-0.15, -0.1) is 0 Å². The van der Waals surface area contributed by atoms with E-state index in [0.29, 0.717) is 0 Å². The Bertz CT molecular complexity index is 995. The van der Waals surface area contributed by atoms with E-state index in [-0.39, 0.29) is 5.69 Å². The zero-order chi connectivity index (χ0) is 17.4. The largest absolute Gasteiger partial charge is 0.330 e. The monoisotopic (exact) mass is 333 g/mol. The summed E-state index contributed by atoms with van der Waals surface area (Å²) in [5, 5.41) is 0. The van der Waals surface area contributed by atoms with Crippen molar-refractivity contribution in [2.24, 2.45) is 0 Å². The van der Waals surface area contributed by atoms with Gasteiger partial charge in [0.25, 0.3) is 0 Å². The molecule has 0 fully saturated rings. The molecular weight excluding hydrogens is 310 g/mol. The lowest BCUT2D eigenvalue weighted by Crippen LogP contribution is -2.30. The molecule has 1 aromatic heterocycles. The van der Waals surface area contributed by atoms with Gasteiger partial charge in [-0.1, -0.05) is 36.4 Å². The number of fused-ring (bicyclic) bond motifs is 1. The number of hydrogen-bond donors (Lipinski definition) is 1. The lowest BCUT2D eigenvalue weighted by atomic mass is 10.1. The highest BCUT2D eigenvalue weighted by molar-refractivity contribution is 5.81. The number of H-pyrrole nitrogens is 1. The van der Waals surface area contributed by atoms with Crippen LogP contribution in [0.3, 0.4) is 0 Å². The molecule has 1 aliphatic heterocycles. The van der Waals surface area contributed by atoms with Crippen LogP contribution < -0.4 is 5.69 Å². The predicted octanol–water partition coefficient (Wildman–Crippen LogP) is 3.69. The summed E-state index contributed by atoms with van der Waals surface area (Å²) in [6, 6.07) is 14.7. The minimum absolute atomic E-state index is 0.0391. The smallest absolute Gasteiger partial charge is 0.305 e. The van der Waals surface area contributed by atoms with Crippen molar-refractivity contribution in [3.05, 3.63) is 75.7 Å². The molecule has 0 aliphatic carbocycles. The van der Waals surface area contributed by atoms with E-state index in [1.165, 1.54) is 16.7 Å². The Morgan fingerprint density at radius 1 is 1.08 bits per heavy atom. The fourth-order valence-electron chi connectivity index (χ4n) is 3.54. The molecule has 1 N–H and O–H groups in total. The quantitative estimate of drug-likeness (QED) is 0.794. The lowest BCUT2D eigenvalue weighted by Gasteiger charge is -2.26. The van der Waals surface area contributed by atoms with Crippen LogP contribution >= 0.6 is 0 Å². The van der Waals surface area contributed by atoms with Crippen LogP contribution in [0.15, 0.2) is 53.3 Å². The molecule has 2 heterocycles. The van der Waals surface area contributed by atoms with Gasteiger partial charge in [-0.05, 0) is 42.7 Å². The number of nitrogens with zero attached hydrogens (tertiary/aromatic N) is 2. The van der Waals surface area contributed by atoms with Crippen LogP contribution in [0.1, 0.15) is 23.1 Å². The van der Waals surface area contributed by atoms with Crippen LogP contribution in [0.25, 0.3) is 16.7 Å². The number of aromatic amines is 1. The van der Waals surface area contributed by atoms with Gasteiger partial charge in [-0.3, -0.25) is 9.47 Å². The summed E-state index contributed by atoms with van der Waals surface area (Å²) in [6.45, 7) is 6.95. The first kappa shape index (κ1) is 15.9. The number of aromatic nitrogens is 2. The summed E-state index contributed by atoms with van der Waals surface area (Å²) in [5.41, 5.74) is 6.70. The van der Waals surface area contributed by atoms with Crippen LogP contribution in [0, 0.1) is 13.8 Å². The molecule has 0 unspecified atom stereocenters. The number of hydrogen-bond acceptors (Lipinski definition) is 2. The summed E-state index contributed by atoms with van der Waals surface area (Å²) < 4.78 is 1.85. The van der Waals surface area contributed by atoms with Crippen LogP contribution in [-0.2, 0) is 6.54 Å². The first-order valence-electron chi connectivity index (χ1n) is 8.79. The van der Waals surface area contributed by atoms with Gasteiger partial charge in [-0.25, -0.2) is 4.79 Å². The molecule has 0 amide bonds. The van der Waals surface area contributed by atoms with Gasteiger partial charge in [0.1, 0.15) is 0 Å². The average molecular weight is 333 g/mol. The van der Waals surface area contributed by atoms with E-state index in [1.807, 2.05) is 10.6 Å². The molecule has 4 nitrogen and oxygen atoms in total. The highest BCUT2D eigenvalue weighted by Gasteiger charge is 2.17. The van der Waals surface area contributed by atoms with Crippen LogP contribution in [-0.4, -0.2) is 27.5 Å². The third kappa shape index (κ3) is 3.05. The first-order chi connectivity index (χ1) is 12.1. The second-order valence-corrected chi connectivity index (χ2v) is 6.89. The number of aryl methyl sites for hydroxylation is 2. The molecule has 0 atom stereocenters. The van der Waals surface area contributed by atoms with Gasteiger partial charge in [-0.2, -0.15) is 0 Å². The summed E-state index contributed by atoms with van der Waals surface area (Å²) in [4.78, 5) is 17.9. The molecular formula is C21H23N3O. The summed E-state index contributed by atoms with van der Waals surface area (Å²) in [5.74, 6) is 0. The highest BCUT2D eigenvalue weighted by atomic mass is 16.1.